The minimum absolute atomic E-state index is 0.901. The summed E-state index contributed by atoms with van der Waals surface area (Å²) in [4.78, 5) is 2.33. The topological polar surface area (TPSA) is 16.4 Å². The van der Waals surface area contributed by atoms with Gasteiger partial charge >= 0.3 is 0 Å². The molecular formula is C44H29NO. The molecule has 1 heterocycles. The highest BCUT2D eigenvalue weighted by atomic mass is 16.3. The van der Waals surface area contributed by atoms with Crippen molar-refractivity contribution in [3.8, 4) is 22.3 Å². The molecule has 0 radical (unpaired) electrons. The zero-order chi connectivity index (χ0) is 30.5. The van der Waals surface area contributed by atoms with Crippen molar-refractivity contribution >= 4 is 60.5 Å². The monoisotopic (exact) mass is 587 g/mol. The molecule has 46 heavy (non-hydrogen) atoms. The van der Waals surface area contributed by atoms with Gasteiger partial charge in [-0.15, -0.1) is 0 Å². The van der Waals surface area contributed by atoms with Gasteiger partial charge in [-0.05, 0) is 93.0 Å². The molecule has 0 saturated heterocycles. The van der Waals surface area contributed by atoms with E-state index in [1.165, 1.54) is 27.3 Å². The first-order chi connectivity index (χ1) is 22.8. The van der Waals surface area contributed by atoms with Gasteiger partial charge < -0.3 is 9.32 Å². The number of furan rings is 1. The number of benzene rings is 8. The van der Waals surface area contributed by atoms with Crippen molar-refractivity contribution < 1.29 is 4.42 Å². The number of rotatable bonds is 5. The van der Waals surface area contributed by atoms with E-state index < -0.39 is 0 Å². The van der Waals surface area contributed by atoms with Crippen molar-refractivity contribution in [2.75, 3.05) is 4.90 Å². The van der Waals surface area contributed by atoms with Crippen LogP contribution in [0.2, 0.25) is 0 Å². The molecule has 0 atom stereocenters. The molecule has 9 rings (SSSR count). The van der Waals surface area contributed by atoms with Gasteiger partial charge in [0.1, 0.15) is 11.2 Å². The number of hydrogen-bond donors (Lipinski definition) is 0. The maximum absolute atomic E-state index is 6.51. The Bertz CT molecular complexity index is 2530. The van der Waals surface area contributed by atoms with Gasteiger partial charge in [-0.2, -0.15) is 0 Å². The second kappa shape index (κ2) is 10.8. The maximum Gasteiger partial charge on any atom is 0.143 e. The summed E-state index contributed by atoms with van der Waals surface area (Å²) in [5, 5.41) is 7.11. The number of anilines is 3. The van der Waals surface area contributed by atoms with Gasteiger partial charge in [0.05, 0.1) is 0 Å². The molecule has 2 nitrogen and oxygen atoms in total. The first-order valence-electron chi connectivity index (χ1n) is 15.7. The van der Waals surface area contributed by atoms with Crippen molar-refractivity contribution in [3.63, 3.8) is 0 Å². The number of nitrogens with zero attached hydrogens (tertiary/aromatic N) is 1. The summed E-state index contributed by atoms with van der Waals surface area (Å²) < 4.78 is 6.51. The minimum Gasteiger partial charge on any atom is -0.455 e. The normalized spacial score (nSPS) is 11.5. The molecule has 216 valence electrons. The van der Waals surface area contributed by atoms with Crippen LogP contribution in [-0.4, -0.2) is 0 Å². The van der Waals surface area contributed by atoms with Crippen molar-refractivity contribution in [1.29, 1.82) is 0 Å². The van der Waals surface area contributed by atoms with Gasteiger partial charge in [0.15, 0.2) is 0 Å². The Morgan fingerprint density at radius 1 is 0.370 bits per heavy atom. The zero-order valence-electron chi connectivity index (χ0n) is 25.1. The molecule has 2 heteroatoms. The molecular weight excluding hydrogens is 558 g/mol. The lowest BCUT2D eigenvalue weighted by Gasteiger charge is -2.26. The van der Waals surface area contributed by atoms with Crippen LogP contribution in [0, 0.1) is 0 Å². The van der Waals surface area contributed by atoms with E-state index in [2.05, 4.69) is 181 Å². The average Bonchev–Trinajstić information content (AvgIpc) is 3.52. The standard InChI is InChI=1S/C44H29NO/c1-2-14-36(15-3-1)45(37-25-22-31(23-26-37)34-21-20-30-10-4-5-12-33(30)28-34)38-16-8-13-35(29-38)39-18-9-19-42-43(39)41-27-24-32-11-6-7-17-40(32)44(41)46-42/h1-29H. The maximum atomic E-state index is 6.51. The Morgan fingerprint density at radius 2 is 1.04 bits per heavy atom. The molecule has 1 aromatic heterocycles. The predicted octanol–water partition coefficient (Wildman–Crippen LogP) is 12.7. The lowest BCUT2D eigenvalue weighted by molar-refractivity contribution is 0.673. The van der Waals surface area contributed by atoms with Gasteiger partial charge in [0.2, 0.25) is 0 Å². The molecule has 0 unspecified atom stereocenters. The largest absolute Gasteiger partial charge is 0.455 e. The van der Waals surface area contributed by atoms with Crippen LogP contribution < -0.4 is 4.90 Å². The SMILES string of the molecule is c1ccc(N(c2ccc(-c3ccc4ccccc4c3)cc2)c2cccc(-c3cccc4oc5c6ccccc6ccc5c34)c2)cc1. The van der Waals surface area contributed by atoms with Crippen molar-refractivity contribution in [3.05, 3.63) is 176 Å². The zero-order valence-corrected chi connectivity index (χ0v) is 25.1. The van der Waals surface area contributed by atoms with Gasteiger partial charge in [0.25, 0.3) is 0 Å². The van der Waals surface area contributed by atoms with Gasteiger partial charge in [-0.25, -0.2) is 0 Å². The van der Waals surface area contributed by atoms with Crippen LogP contribution in [0.1, 0.15) is 0 Å². The lowest BCUT2D eigenvalue weighted by atomic mass is 9.97. The van der Waals surface area contributed by atoms with E-state index in [1.807, 2.05) is 0 Å². The van der Waals surface area contributed by atoms with E-state index in [9.17, 15) is 0 Å². The fourth-order valence-electron chi connectivity index (χ4n) is 6.80. The highest BCUT2D eigenvalue weighted by molar-refractivity contribution is 6.19. The smallest absolute Gasteiger partial charge is 0.143 e. The van der Waals surface area contributed by atoms with Gasteiger partial charge in [0, 0.05) is 33.2 Å². The first kappa shape index (κ1) is 26.3. The van der Waals surface area contributed by atoms with Crippen molar-refractivity contribution in [2.24, 2.45) is 0 Å². The number of para-hydroxylation sites is 1. The van der Waals surface area contributed by atoms with E-state index in [0.29, 0.717) is 0 Å². The third kappa shape index (κ3) is 4.43. The van der Waals surface area contributed by atoms with Crippen molar-refractivity contribution in [1.82, 2.24) is 0 Å². The fraction of sp³-hybridized carbons (Fsp3) is 0. The summed E-state index contributed by atoms with van der Waals surface area (Å²) in [5.41, 5.74) is 9.86. The molecule has 0 bridgehead atoms. The summed E-state index contributed by atoms with van der Waals surface area (Å²) in [6.45, 7) is 0. The van der Waals surface area contributed by atoms with E-state index >= 15 is 0 Å². The van der Waals surface area contributed by atoms with Crippen LogP contribution in [0.3, 0.4) is 0 Å². The van der Waals surface area contributed by atoms with Gasteiger partial charge in [-0.3, -0.25) is 0 Å². The predicted molar refractivity (Wildman–Crippen MR) is 194 cm³/mol. The average molecular weight is 588 g/mol. The van der Waals surface area contributed by atoms with Crippen LogP contribution in [0.15, 0.2) is 180 Å². The summed E-state index contributed by atoms with van der Waals surface area (Å²) in [6.07, 6.45) is 0. The van der Waals surface area contributed by atoms with E-state index in [4.69, 9.17) is 4.42 Å². The first-order valence-corrected chi connectivity index (χ1v) is 15.7. The van der Waals surface area contributed by atoms with Crippen LogP contribution in [0.5, 0.6) is 0 Å². The molecule has 8 aromatic carbocycles. The Labute approximate surface area is 267 Å². The molecule has 0 N–H and O–H groups in total. The van der Waals surface area contributed by atoms with Crippen LogP contribution >= 0.6 is 0 Å². The highest BCUT2D eigenvalue weighted by Crippen LogP contribution is 2.42. The second-order valence-electron chi connectivity index (χ2n) is 11.8. The summed E-state index contributed by atoms with van der Waals surface area (Å²) in [5.74, 6) is 0. The van der Waals surface area contributed by atoms with Crippen LogP contribution in [-0.2, 0) is 0 Å². The van der Waals surface area contributed by atoms with Crippen LogP contribution in [0.25, 0.3) is 65.7 Å². The molecule has 0 aliphatic carbocycles. The summed E-state index contributed by atoms with van der Waals surface area (Å²) >= 11 is 0. The fourth-order valence-corrected chi connectivity index (χ4v) is 6.80. The third-order valence-corrected chi connectivity index (χ3v) is 9.03. The van der Waals surface area contributed by atoms with E-state index in [1.54, 1.807) is 0 Å². The summed E-state index contributed by atoms with van der Waals surface area (Å²) in [7, 11) is 0. The summed E-state index contributed by atoms with van der Waals surface area (Å²) in [6, 6.07) is 62.7. The molecule has 0 aliphatic heterocycles. The van der Waals surface area contributed by atoms with Crippen LogP contribution in [0.4, 0.5) is 17.1 Å². The lowest BCUT2D eigenvalue weighted by Crippen LogP contribution is -2.09. The molecule has 0 spiro atoms. The third-order valence-electron chi connectivity index (χ3n) is 9.03. The molecule has 0 aliphatic rings. The quantitative estimate of drug-likeness (QED) is 0.199. The van der Waals surface area contributed by atoms with Crippen molar-refractivity contribution in [2.45, 2.75) is 0 Å². The number of fused-ring (bicyclic) bond motifs is 6. The highest BCUT2D eigenvalue weighted by Gasteiger charge is 2.17. The molecule has 0 amide bonds. The second-order valence-corrected chi connectivity index (χ2v) is 11.8. The minimum atomic E-state index is 0.901. The Hall–Kier alpha value is -6.12. The Kier molecular flexibility index (Phi) is 6.17. The van der Waals surface area contributed by atoms with E-state index in [0.717, 1.165) is 55.5 Å². The molecule has 0 saturated carbocycles. The van der Waals surface area contributed by atoms with E-state index in [-0.39, 0.29) is 0 Å². The molecule has 0 fully saturated rings. The molecule has 9 aromatic rings. The van der Waals surface area contributed by atoms with Gasteiger partial charge in [-0.1, -0.05) is 121 Å². The Morgan fingerprint density at radius 3 is 1.91 bits per heavy atom. The Balaban J connectivity index is 1.16. The number of hydrogen-bond acceptors (Lipinski definition) is 2.